The van der Waals surface area contributed by atoms with Gasteiger partial charge in [-0.3, -0.25) is 0 Å². The highest BCUT2D eigenvalue weighted by molar-refractivity contribution is 7.99. The molecule has 0 saturated carbocycles. The number of benzene rings is 2. The highest BCUT2D eigenvalue weighted by Gasteiger charge is 2.11. The minimum absolute atomic E-state index is 0.00222. The largest absolute Gasteiger partial charge is 0.495 e. The molecule has 0 aliphatic rings. The number of nitrogens with one attached hydrogen (secondary N) is 2. The van der Waals surface area contributed by atoms with Crippen molar-refractivity contribution >= 4 is 23.1 Å². The number of hydrogen-bond donors (Lipinski definition) is 2. The van der Waals surface area contributed by atoms with Crippen LogP contribution in [0.25, 0.3) is 0 Å². The molecule has 0 radical (unpaired) electrons. The SMILES string of the molecule is COc1ccccc1NC(Nc1ccccc1OC)SC. The van der Waals surface area contributed by atoms with Gasteiger partial charge in [0.25, 0.3) is 0 Å². The number of methoxy groups -OCH3 is 2. The number of thioether (sulfide) groups is 1. The van der Waals surface area contributed by atoms with E-state index in [1.807, 2.05) is 54.8 Å². The number of anilines is 2. The van der Waals surface area contributed by atoms with Crippen LogP contribution < -0.4 is 20.1 Å². The molecule has 0 aliphatic heterocycles. The lowest BCUT2D eigenvalue weighted by Crippen LogP contribution is -2.25. The molecule has 0 amide bonds. The van der Waals surface area contributed by atoms with Crippen molar-refractivity contribution in [2.45, 2.75) is 5.50 Å². The molecule has 2 N–H and O–H groups in total. The van der Waals surface area contributed by atoms with E-state index in [2.05, 4.69) is 10.6 Å². The Kier molecular flexibility index (Phi) is 5.63. The van der Waals surface area contributed by atoms with Crippen LogP contribution in [0.5, 0.6) is 11.5 Å². The van der Waals surface area contributed by atoms with Crippen molar-refractivity contribution in [1.82, 2.24) is 0 Å². The van der Waals surface area contributed by atoms with Gasteiger partial charge in [0, 0.05) is 0 Å². The molecule has 4 nitrogen and oxygen atoms in total. The van der Waals surface area contributed by atoms with Gasteiger partial charge in [-0.25, -0.2) is 0 Å². The Morgan fingerprint density at radius 2 is 1.24 bits per heavy atom. The number of rotatable bonds is 7. The van der Waals surface area contributed by atoms with Crippen molar-refractivity contribution in [3.8, 4) is 11.5 Å². The van der Waals surface area contributed by atoms with E-state index in [-0.39, 0.29) is 5.50 Å². The molecular weight excluding hydrogens is 284 g/mol. The van der Waals surface area contributed by atoms with Crippen LogP contribution in [0, 0.1) is 0 Å². The molecule has 2 rings (SSSR count). The Morgan fingerprint density at radius 1 is 0.810 bits per heavy atom. The van der Waals surface area contributed by atoms with Gasteiger partial charge in [-0.15, -0.1) is 11.8 Å². The van der Waals surface area contributed by atoms with Crippen LogP contribution in [0.1, 0.15) is 0 Å². The second-order valence-electron chi connectivity index (χ2n) is 4.30. The van der Waals surface area contributed by atoms with Crippen LogP contribution in [0.3, 0.4) is 0 Å². The summed E-state index contributed by atoms with van der Waals surface area (Å²) in [6, 6.07) is 15.7. The van der Waals surface area contributed by atoms with Crippen LogP contribution in [0.2, 0.25) is 0 Å². The van der Waals surface area contributed by atoms with Crippen LogP contribution in [0.4, 0.5) is 11.4 Å². The van der Waals surface area contributed by atoms with Gasteiger partial charge >= 0.3 is 0 Å². The average Bonchev–Trinajstić information content (AvgIpc) is 2.55. The predicted octanol–water partition coefficient (Wildman–Crippen LogP) is 3.87. The van der Waals surface area contributed by atoms with E-state index in [0.717, 1.165) is 22.9 Å². The average molecular weight is 304 g/mol. The fraction of sp³-hybridized carbons (Fsp3) is 0.250. The van der Waals surface area contributed by atoms with Crippen LogP contribution in [0.15, 0.2) is 48.5 Å². The second-order valence-corrected chi connectivity index (χ2v) is 5.25. The molecule has 2 aromatic carbocycles. The Hall–Kier alpha value is -2.01. The number of para-hydroxylation sites is 4. The van der Waals surface area contributed by atoms with Gasteiger partial charge in [0.2, 0.25) is 0 Å². The summed E-state index contributed by atoms with van der Waals surface area (Å²) in [5.74, 6) is 1.64. The summed E-state index contributed by atoms with van der Waals surface area (Å²) in [7, 11) is 3.34. The maximum absolute atomic E-state index is 5.36. The summed E-state index contributed by atoms with van der Waals surface area (Å²) < 4.78 is 10.7. The quantitative estimate of drug-likeness (QED) is 0.760. The molecule has 0 saturated heterocycles. The van der Waals surface area contributed by atoms with Crippen molar-refractivity contribution in [2.75, 3.05) is 31.1 Å². The summed E-state index contributed by atoms with van der Waals surface area (Å²) in [4.78, 5) is 0. The molecule has 0 fully saturated rings. The summed E-state index contributed by atoms with van der Waals surface area (Å²) in [5.41, 5.74) is 1.89. The first-order valence-electron chi connectivity index (χ1n) is 6.60. The minimum Gasteiger partial charge on any atom is -0.495 e. The maximum Gasteiger partial charge on any atom is 0.145 e. The van der Waals surface area contributed by atoms with E-state index in [1.54, 1.807) is 26.0 Å². The summed E-state index contributed by atoms with van der Waals surface area (Å²) >= 11 is 1.66. The molecule has 0 aromatic heterocycles. The highest BCUT2D eigenvalue weighted by Crippen LogP contribution is 2.29. The highest BCUT2D eigenvalue weighted by atomic mass is 32.2. The van der Waals surface area contributed by atoms with Gasteiger partial charge in [-0.2, -0.15) is 0 Å². The van der Waals surface area contributed by atoms with Crippen molar-refractivity contribution in [2.24, 2.45) is 0 Å². The molecule has 5 heteroatoms. The fourth-order valence-electron chi connectivity index (χ4n) is 1.96. The first-order valence-corrected chi connectivity index (χ1v) is 7.89. The number of hydrogen-bond acceptors (Lipinski definition) is 5. The molecule has 0 atom stereocenters. The third-order valence-corrected chi connectivity index (χ3v) is 3.73. The first-order chi connectivity index (χ1) is 10.3. The Morgan fingerprint density at radius 3 is 1.62 bits per heavy atom. The first kappa shape index (κ1) is 15.4. The Labute approximate surface area is 129 Å². The van der Waals surface area contributed by atoms with E-state index in [9.17, 15) is 0 Å². The Balaban J connectivity index is 2.13. The van der Waals surface area contributed by atoms with Crippen LogP contribution in [-0.4, -0.2) is 26.0 Å². The van der Waals surface area contributed by atoms with Crippen LogP contribution in [-0.2, 0) is 0 Å². The lowest BCUT2D eigenvalue weighted by molar-refractivity contribution is 0.416. The van der Waals surface area contributed by atoms with Gasteiger partial charge in [0.1, 0.15) is 17.0 Å². The predicted molar refractivity (Wildman–Crippen MR) is 90.5 cm³/mol. The molecule has 21 heavy (non-hydrogen) atoms. The molecule has 0 spiro atoms. The molecule has 0 heterocycles. The topological polar surface area (TPSA) is 42.5 Å². The van der Waals surface area contributed by atoms with Crippen molar-refractivity contribution in [3.05, 3.63) is 48.5 Å². The van der Waals surface area contributed by atoms with Gasteiger partial charge in [0.15, 0.2) is 0 Å². The summed E-state index contributed by atoms with van der Waals surface area (Å²) in [5, 5.41) is 6.84. The van der Waals surface area contributed by atoms with Crippen molar-refractivity contribution < 1.29 is 9.47 Å². The fourth-order valence-corrected chi connectivity index (χ4v) is 2.45. The summed E-state index contributed by atoms with van der Waals surface area (Å²) in [6.07, 6.45) is 2.04. The Bertz CT molecular complexity index is 528. The van der Waals surface area contributed by atoms with E-state index in [0.29, 0.717) is 0 Å². The monoisotopic (exact) mass is 304 g/mol. The standard InChI is InChI=1S/C16H20N2O2S/c1-19-14-10-6-4-8-12(14)17-16(21-3)18-13-9-5-7-11-15(13)20-2/h4-11,16-18H,1-3H3. The lowest BCUT2D eigenvalue weighted by Gasteiger charge is -2.22. The van der Waals surface area contributed by atoms with E-state index in [1.165, 1.54) is 0 Å². The van der Waals surface area contributed by atoms with Gasteiger partial charge in [0.05, 0.1) is 25.6 Å². The van der Waals surface area contributed by atoms with E-state index in [4.69, 9.17) is 9.47 Å². The molecule has 0 bridgehead atoms. The molecule has 112 valence electrons. The summed E-state index contributed by atoms with van der Waals surface area (Å²) in [6.45, 7) is 0. The van der Waals surface area contributed by atoms with Crippen molar-refractivity contribution in [1.29, 1.82) is 0 Å². The second kappa shape index (κ2) is 7.69. The zero-order valence-electron chi connectivity index (χ0n) is 12.4. The normalized spacial score (nSPS) is 10.3. The third kappa shape index (κ3) is 3.98. The van der Waals surface area contributed by atoms with Gasteiger partial charge < -0.3 is 20.1 Å². The zero-order valence-corrected chi connectivity index (χ0v) is 13.2. The maximum atomic E-state index is 5.36. The molecule has 0 aliphatic carbocycles. The minimum atomic E-state index is -0.00222. The number of ether oxygens (including phenoxy) is 2. The smallest absolute Gasteiger partial charge is 0.145 e. The van der Waals surface area contributed by atoms with E-state index >= 15 is 0 Å². The molecule has 2 aromatic rings. The van der Waals surface area contributed by atoms with Crippen LogP contribution >= 0.6 is 11.8 Å². The zero-order chi connectivity index (χ0) is 15.1. The molecular formula is C16H20N2O2S. The van der Waals surface area contributed by atoms with E-state index < -0.39 is 0 Å². The third-order valence-electron chi connectivity index (χ3n) is 3.02. The lowest BCUT2D eigenvalue weighted by atomic mass is 10.3. The molecule has 0 unspecified atom stereocenters. The van der Waals surface area contributed by atoms with Gasteiger partial charge in [-0.1, -0.05) is 24.3 Å². The van der Waals surface area contributed by atoms with Gasteiger partial charge in [-0.05, 0) is 30.5 Å². The van der Waals surface area contributed by atoms with Crippen molar-refractivity contribution in [3.63, 3.8) is 0 Å².